The smallest absolute Gasteiger partial charge is 0.0749 e. The van der Waals surface area contributed by atoms with Gasteiger partial charge in [0.15, 0.2) is 0 Å². The van der Waals surface area contributed by atoms with Crippen LogP contribution in [0.5, 0.6) is 0 Å². The van der Waals surface area contributed by atoms with Crippen molar-refractivity contribution in [3.63, 3.8) is 0 Å². The zero-order valence-corrected chi connectivity index (χ0v) is 11.8. The van der Waals surface area contributed by atoms with Gasteiger partial charge in [0.05, 0.1) is 5.52 Å². The largest absolute Gasteiger partial charge is 0.313 e. The number of pyridine rings is 1. The van der Waals surface area contributed by atoms with Crippen LogP contribution in [0.3, 0.4) is 0 Å². The van der Waals surface area contributed by atoms with E-state index in [4.69, 9.17) is 0 Å². The molecule has 2 nitrogen and oxygen atoms in total. The van der Waals surface area contributed by atoms with Gasteiger partial charge in [0, 0.05) is 17.6 Å². The molecule has 1 saturated carbocycles. The molecule has 0 amide bonds. The quantitative estimate of drug-likeness (QED) is 0.897. The third kappa shape index (κ3) is 2.37. The van der Waals surface area contributed by atoms with Gasteiger partial charge in [0.25, 0.3) is 0 Å². The van der Waals surface area contributed by atoms with E-state index in [2.05, 4.69) is 48.5 Å². The maximum Gasteiger partial charge on any atom is 0.0749 e. The van der Waals surface area contributed by atoms with Gasteiger partial charge in [0.2, 0.25) is 0 Å². The van der Waals surface area contributed by atoms with E-state index in [1.807, 2.05) is 12.3 Å². The number of benzene rings is 1. The van der Waals surface area contributed by atoms with Crippen molar-refractivity contribution in [2.75, 3.05) is 7.05 Å². The number of fused-ring (bicyclic) bond motifs is 1. The van der Waals surface area contributed by atoms with E-state index in [-0.39, 0.29) is 0 Å². The minimum Gasteiger partial charge on any atom is -0.313 e. The van der Waals surface area contributed by atoms with Crippen LogP contribution in [-0.2, 0) is 0 Å². The monoisotopic (exact) mass is 254 g/mol. The predicted octanol–water partition coefficient (Wildman–Crippen LogP) is 3.93. The van der Waals surface area contributed by atoms with Crippen LogP contribution in [0.25, 0.3) is 10.9 Å². The van der Waals surface area contributed by atoms with Crippen molar-refractivity contribution in [1.82, 2.24) is 10.3 Å². The van der Waals surface area contributed by atoms with Gasteiger partial charge >= 0.3 is 0 Å². The standard InChI is InChI=1S/C17H22N2/c1-12-8-9-14(11-12)16(18-2)15-7-3-5-13-6-4-10-19-17(13)15/h3-7,10,12,14,16,18H,8-9,11H2,1-2H3. The second-order valence-corrected chi connectivity index (χ2v) is 5.87. The highest BCUT2D eigenvalue weighted by Crippen LogP contribution is 2.40. The molecule has 100 valence electrons. The highest BCUT2D eigenvalue weighted by molar-refractivity contribution is 5.82. The molecular weight excluding hydrogens is 232 g/mol. The van der Waals surface area contributed by atoms with Crippen molar-refractivity contribution in [2.24, 2.45) is 11.8 Å². The van der Waals surface area contributed by atoms with Gasteiger partial charge in [-0.15, -0.1) is 0 Å². The Morgan fingerprint density at radius 3 is 2.79 bits per heavy atom. The number of nitrogens with one attached hydrogen (secondary N) is 1. The van der Waals surface area contributed by atoms with Crippen LogP contribution in [0.2, 0.25) is 0 Å². The van der Waals surface area contributed by atoms with Gasteiger partial charge in [-0.3, -0.25) is 4.98 Å². The molecule has 1 aliphatic rings. The van der Waals surface area contributed by atoms with Crippen molar-refractivity contribution in [1.29, 1.82) is 0 Å². The summed E-state index contributed by atoms with van der Waals surface area (Å²) in [4.78, 5) is 4.60. The lowest BCUT2D eigenvalue weighted by Gasteiger charge is -2.24. The average molecular weight is 254 g/mol. The lowest BCUT2D eigenvalue weighted by Crippen LogP contribution is -2.24. The van der Waals surface area contributed by atoms with E-state index in [0.29, 0.717) is 6.04 Å². The van der Waals surface area contributed by atoms with E-state index in [0.717, 1.165) is 17.4 Å². The van der Waals surface area contributed by atoms with Crippen LogP contribution >= 0.6 is 0 Å². The summed E-state index contributed by atoms with van der Waals surface area (Å²) in [5.41, 5.74) is 2.52. The van der Waals surface area contributed by atoms with Gasteiger partial charge in [-0.25, -0.2) is 0 Å². The Labute approximate surface area is 115 Å². The lowest BCUT2D eigenvalue weighted by atomic mass is 9.89. The zero-order chi connectivity index (χ0) is 13.2. The van der Waals surface area contributed by atoms with Gasteiger partial charge < -0.3 is 5.32 Å². The number of rotatable bonds is 3. The summed E-state index contributed by atoms with van der Waals surface area (Å²) in [6.07, 6.45) is 5.92. The average Bonchev–Trinajstić information content (AvgIpc) is 2.86. The fraction of sp³-hybridized carbons (Fsp3) is 0.471. The molecule has 1 aromatic carbocycles. The molecule has 3 atom stereocenters. The molecule has 0 spiro atoms. The Hall–Kier alpha value is -1.41. The molecule has 0 aliphatic heterocycles. The Morgan fingerprint density at radius 1 is 1.21 bits per heavy atom. The van der Waals surface area contributed by atoms with Crippen molar-refractivity contribution < 1.29 is 0 Å². The van der Waals surface area contributed by atoms with Gasteiger partial charge in [0.1, 0.15) is 0 Å². The van der Waals surface area contributed by atoms with Crippen molar-refractivity contribution in [3.05, 3.63) is 42.1 Å². The Bertz CT molecular complexity index is 559. The molecule has 2 heteroatoms. The minimum absolute atomic E-state index is 0.434. The normalized spacial score (nSPS) is 24.7. The molecule has 3 rings (SSSR count). The fourth-order valence-electron chi connectivity index (χ4n) is 3.58. The van der Waals surface area contributed by atoms with Crippen LogP contribution in [0.4, 0.5) is 0 Å². The van der Waals surface area contributed by atoms with Gasteiger partial charge in [-0.1, -0.05) is 37.6 Å². The summed E-state index contributed by atoms with van der Waals surface area (Å²) >= 11 is 0. The Kier molecular flexibility index (Phi) is 3.52. The van der Waals surface area contributed by atoms with Gasteiger partial charge in [-0.05, 0) is 43.4 Å². The Balaban J connectivity index is 2.01. The third-order valence-corrected chi connectivity index (χ3v) is 4.52. The summed E-state index contributed by atoms with van der Waals surface area (Å²) in [6, 6.07) is 11.1. The predicted molar refractivity (Wildman–Crippen MR) is 80.0 cm³/mol. The molecule has 3 unspecified atom stereocenters. The molecule has 19 heavy (non-hydrogen) atoms. The first-order valence-corrected chi connectivity index (χ1v) is 7.30. The molecule has 1 aromatic heterocycles. The first kappa shape index (κ1) is 12.6. The molecule has 1 heterocycles. The zero-order valence-electron chi connectivity index (χ0n) is 11.8. The first-order chi connectivity index (χ1) is 9.29. The molecule has 0 radical (unpaired) electrons. The van der Waals surface area contributed by atoms with E-state index < -0.39 is 0 Å². The molecule has 1 fully saturated rings. The third-order valence-electron chi connectivity index (χ3n) is 4.52. The lowest BCUT2D eigenvalue weighted by molar-refractivity contribution is 0.381. The molecule has 2 aromatic rings. The van der Waals surface area contributed by atoms with E-state index >= 15 is 0 Å². The maximum absolute atomic E-state index is 4.60. The van der Waals surface area contributed by atoms with Crippen molar-refractivity contribution >= 4 is 10.9 Å². The van der Waals surface area contributed by atoms with Crippen LogP contribution in [0.15, 0.2) is 36.5 Å². The number of hydrogen-bond acceptors (Lipinski definition) is 2. The summed E-state index contributed by atoms with van der Waals surface area (Å²) in [7, 11) is 2.08. The van der Waals surface area contributed by atoms with E-state index in [9.17, 15) is 0 Å². The van der Waals surface area contributed by atoms with Gasteiger partial charge in [-0.2, -0.15) is 0 Å². The van der Waals surface area contributed by atoms with Crippen molar-refractivity contribution in [3.8, 4) is 0 Å². The first-order valence-electron chi connectivity index (χ1n) is 7.30. The molecular formula is C17H22N2. The summed E-state index contributed by atoms with van der Waals surface area (Å²) in [5.74, 6) is 1.61. The SMILES string of the molecule is CNC(c1cccc2cccnc12)C1CCC(C)C1. The second-order valence-electron chi connectivity index (χ2n) is 5.87. The number of aromatic nitrogens is 1. The topological polar surface area (TPSA) is 24.9 Å². The number of hydrogen-bond donors (Lipinski definition) is 1. The van der Waals surface area contributed by atoms with Crippen LogP contribution in [0, 0.1) is 11.8 Å². The highest BCUT2D eigenvalue weighted by Gasteiger charge is 2.29. The maximum atomic E-state index is 4.60. The molecule has 0 bridgehead atoms. The van der Waals surface area contributed by atoms with Crippen LogP contribution in [-0.4, -0.2) is 12.0 Å². The summed E-state index contributed by atoms with van der Waals surface area (Å²) in [5, 5.41) is 4.77. The Morgan fingerprint density at radius 2 is 2.05 bits per heavy atom. The summed E-state index contributed by atoms with van der Waals surface area (Å²) in [6.45, 7) is 2.37. The summed E-state index contributed by atoms with van der Waals surface area (Å²) < 4.78 is 0. The molecule has 1 aliphatic carbocycles. The van der Waals surface area contributed by atoms with Crippen LogP contribution in [0.1, 0.15) is 37.8 Å². The van der Waals surface area contributed by atoms with E-state index in [1.54, 1.807) is 0 Å². The highest BCUT2D eigenvalue weighted by atomic mass is 14.9. The molecule has 1 N–H and O–H groups in total. The van der Waals surface area contributed by atoms with E-state index in [1.165, 1.54) is 30.2 Å². The number of nitrogens with zero attached hydrogens (tertiary/aromatic N) is 1. The minimum atomic E-state index is 0.434. The molecule has 0 saturated heterocycles. The number of para-hydroxylation sites is 1. The van der Waals surface area contributed by atoms with Crippen molar-refractivity contribution in [2.45, 2.75) is 32.2 Å². The fourth-order valence-corrected chi connectivity index (χ4v) is 3.58. The van der Waals surface area contributed by atoms with Crippen LogP contribution < -0.4 is 5.32 Å². The second kappa shape index (κ2) is 5.30.